The van der Waals surface area contributed by atoms with E-state index >= 15 is 0 Å². The summed E-state index contributed by atoms with van der Waals surface area (Å²) in [5.41, 5.74) is 0. The molecule has 16 nitrogen and oxygen atoms in total. The maximum Gasteiger partial charge on any atom is 0.413 e. The van der Waals surface area contributed by atoms with E-state index in [2.05, 4.69) is 7.26 Å². The van der Waals surface area contributed by atoms with E-state index in [1.54, 1.807) is 0 Å². The number of hydrogen-bond donors (Lipinski definition) is 6. The molecule has 0 saturated heterocycles. The van der Waals surface area contributed by atoms with Crippen molar-refractivity contribution in [3.63, 3.8) is 0 Å². The zero-order valence-corrected chi connectivity index (χ0v) is 13.1. The van der Waals surface area contributed by atoms with Crippen molar-refractivity contribution in [2.75, 3.05) is 13.2 Å². The molecule has 0 bridgehead atoms. The predicted octanol–water partition coefficient (Wildman–Crippen LogP) is -3.81. The van der Waals surface area contributed by atoms with Crippen LogP contribution in [-0.4, -0.2) is 75.3 Å². The lowest BCUT2D eigenvalue weighted by molar-refractivity contribution is 0.186. The number of aliphatic hydroxyl groups is 2. The van der Waals surface area contributed by atoms with Gasteiger partial charge in [0, 0.05) is 0 Å². The molecule has 0 aromatic heterocycles. The van der Waals surface area contributed by atoms with Crippen LogP contribution in [0.1, 0.15) is 0 Å². The SMILES string of the molecule is O=S(=O)(O)OS(=O)(=O)O.O=S(=O)(O)OS(=O)(=O)O.OCCO. The van der Waals surface area contributed by atoms with Gasteiger partial charge in [-0.25, -0.2) is 0 Å². The average molecular weight is 418 g/mol. The van der Waals surface area contributed by atoms with E-state index in [0.29, 0.717) is 0 Å². The Morgan fingerprint density at radius 3 is 0.636 bits per heavy atom. The molecule has 138 valence electrons. The zero-order valence-electron chi connectivity index (χ0n) is 9.81. The lowest BCUT2D eigenvalue weighted by Crippen LogP contribution is -2.10. The van der Waals surface area contributed by atoms with Crippen molar-refractivity contribution in [2.24, 2.45) is 0 Å². The van der Waals surface area contributed by atoms with Crippen molar-refractivity contribution < 1.29 is 69.4 Å². The highest BCUT2D eigenvalue weighted by Crippen LogP contribution is 1.92. The maximum atomic E-state index is 9.44. The van der Waals surface area contributed by atoms with Gasteiger partial charge in [-0.1, -0.05) is 0 Å². The second-order valence-corrected chi connectivity index (χ2v) is 6.80. The smallest absolute Gasteiger partial charge is 0.394 e. The Labute approximate surface area is 124 Å². The molecule has 0 amide bonds. The van der Waals surface area contributed by atoms with Gasteiger partial charge in [-0.15, -0.1) is 7.26 Å². The van der Waals surface area contributed by atoms with Gasteiger partial charge in [-0.05, 0) is 0 Å². The molecule has 0 rings (SSSR count). The van der Waals surface area contributed by atoms with Crippen LogP contribution in [0.3, 0.4) is 0 Å². The molecule has 0 unspecified atom stereocenters. The van der Waals surface area contributed by atoms with Gasteiger partial charge in [-0.3, -0.25) is 18.2 Å². The van der Waals surface area contributed by atoms with Crippen molar-refractivity contribution in [3.05, 3.63) is 0 Å². The normalized spacial score (nSPS) is 12.5. The lowest BCUT2D eigenvalue weighted by atomic mass is 10.8. The molecule has 6 N–H and O–H groups in total. The molecule has 0 aliphatic heterocycles. The standard InChI is InChI=1S/C2H6O2.2H2O7S2/c3-1-2-4;2*1-8(2,3)7-9(4,5)6/h3-4H,1-2H2;2*(H,1,2,3)(H,4,5,6). The van der Waals surface area contributed by atoms with Gasteiger partial charge in [0.2, 0.25) is 0 Å². The van der Waals surface area contributed by atoms with Gasteiger partial charge in [-0.2, -0.15) is 33.7 Å². The van der Waals surface area contributed by atoms with Crippen LogP contribution in [-0.2, 0) is 48.9 Å². The highest BCUT2D eigenvalue weighted by Gasteiger charge is 2.16. The fraction of sp³-hybridized carbons (Fsp3) is 1.00. The predicted molar refractivity (Wildman–Crippen MR) is 62.5 cm³/mol. The number of rotatable bonds is 5. The first-order valence-corrected chi connectivity index (χ1v) is 9.32. The largest absolute Gasteiger partial charge is 0.413 e. The molecule has 0 fully saturated rings. The van der Waals surface area contributed by atoms with E-state index in [1.165, 1.54) is 0 Å². The Kier molecular flexibility index (Phi) is 12.3. The Morgan fingerprint density at radius 2 is 0.636 bits per heavy atom. The Hall–Kier alpha value is -0.520. The van der Waals surface area contributed by atoms with E-state index in [-0.39, 0.29) is 13.2 Å². The monoisotopic (exact) mass is 418 g/mol. The second kappa shape index (κ2) is 10.3. The zero-order chi connectivity index (χ0) is 18.8. The van der Waals surface area contributed by atoms with E-state index < -0.39 is 41.6 Å². The number of hydrogen-bond acceptors (Lipinski definition) is 12. The molecule has 0 atom stereocenters. The molecule has 0 saturated carbocycles. The fourth-order valence-electron chi connectivity index (χ4n) is 0.217. The third-order valence-electron chi connectivity index (χ3n) is 0.444. The van der Waals surface area contributed by atoms with Crippen molar-refractivity contribution in [2.45, 2.75) is 0 Å². The van der Waals surface area contributed by atoms with E-state index in [0.717, 1.165) is 0 Å². The van der Waals surface area contributed by atoms with Crippen LogP contribution in [0.15, 0.2) is 0 Å². The van der Waals surface area contributed by atoms with Crippen molar-refractivity contribution in [1.29, 1.82) is 0 Å². The summed E-state index contributed by atoms with van der Waals surface area (Å²) in [5, 5.41) is 15.2. The summed E-state index contributed by atoms with van der Waals surface area (Å²) in [6, 6.07) is 0. The Bertz CT molecular complexity index is 564. The summed E-state index contributed by atoms with van der Waals surface area (Å²) in [7, 11) is -20.5. The molecule has 0 aromatic rings. The molecule has 0 aromatic carbocycles. The Morgan fingerprint density at radius 1 is 0.500 bits per heavy atom. The molecular formula is C2H10O16S4. The first kappa shape index (κ1) is 26.4. The summed E-state index contributed by atoms with van der Waals surface area (Å²) in [6.45, 7) is -0.250. The molecule has 0 radical (unpaired) electrons. The summed E-state index contributed by atoms with van der Waals surface area (Å²) >= 11 is 0. The molecule has 0 aliphatic rings. The maximum absolute atomic E-state index is 9.44. The molecule has 0 spiro atoms. The summed E-state index contributed by atoms with van der Waals surface area (Å²) < 4.78 is 111. The van der Waals surface area contributed by atoms with Crippen LogP contribution in [0.2, 0.25) is 0 Å². The highest BCUT2D eigenvalue weighted by molar-refractivity contribution is 7.94. The van der Waals surface area contributed by atoms with E-state index in [1.807, 2.05) is 0 Å². The third-order valence-corrected chi connectivity index (χ3v) is 3.20. The molecular weight excluding hydrogens is 408 g/mol. The van der Waals surface area contributed by atoms with Crippen LogP contribution in [0, 0.1) is 0 Å². The molecule has 22 heavy (non-hydrogen) atoms. The van der Waals surface area contributed by atoms with Gasteiger partial charge in [0.15, 0.2) is 0 Å². The molecule has 20 heteroatoms. The first-order valence-electron chi connectivity index (χ1n) is 3.86. The molecule has 0 aliphatic carbocycles. The van der Waals surface area contributed by atoms with Gasteiger partial charge in [0.05, 0.1) is 13.2 Å². The van der Waals surface area contributed by atoms with Crippen LogP contribution in [0.5, 0.6) is 0 Å². The van der Waals surface area contributed by atoms with Gasteiger partial charge >= 0.3 is 41.6 Å². The summed E-state index contributed by atoms with van der Waals surface area (Å²) in [4.78, 5) is 0. The van der Waals surface area contributed by atoms with Gasteiger partial charge in [0.25, 0.3) is 0 Å². The van der Waals surface area contributed by atoms with Gasteiger partial charge < -0.3 is 10.2 Å². The second-order valence-electron chi connectivity index (χ2n) is 2.29. The lowest BCUT2D eigenvalue weighted by Gasteiger charge is -1.89. The van der Waals surface area contributed by atoms with Crippen LogP contribution in [0.4, 0.5) is 0 Å². The van der Waals surface area contributed by atoms with E-state index in [4.69, 9.17) is 28.4 Å². The minimum absolute atomic E-state index is 0.125. The van der Waals surface area contributed by atoms with Gasteiger partial charge in [0.1, 0.15) is 0 Å². The van der Waals surface area contributed by atoms with Crippen LogP contribution >= 0.6 is 0 Å². The number of aliphatic hydroxyl groups excluding tert-OH is 2. The van der Waals surface area contributed by atoms with Crippen LogP contribution in [0.25, 0.3) is 0 Å². The molecule has 0 heterocycles. The topological polar surface area (TPSA) is 276 Å². The highest BCUT2D eigenvalue weighted by atomic mass is 32.3. The van der Waals surface area contributed by atoms with Crippen molar-refractivity contribution in [1.82, 2.24) is 0 Å². The average Bonchev–Trinajstić information content (AvgIpc) is 2.06. The fourth-order valence-corrected chi connectivity index (χ4v) is 1.96. The Balaban J connectivity index is -0.000000266. The van der Waals surface area contributed by atoms with E-state index in [9.17, 15) is 33.7 Å². The van der Waals surface area contributed by atoms with Crippen molar-refractivity contribution >= 4 is 41.6 Å². The summed E-state index contributed by atoms with van der Waals surface area (Å²) in [5.74, 6) is 0. The minimum Gasteiger partial charge on any atom is -0.394 e. The van der Waals surface area contributed by atoms with Crippen LogP contribution < -0.4 is 0 Å². The first-order chi connectivity index (χ1) is 9.33. The third kappa shape index (κ3) is 42.7. The van der Waals surface area contributed by atoms with Crippen molar-refractivity contribution in [3.8, 4) is 0 Å². The summed E-state index contributed by atoms with van der Waals surface area (Å²) in [6.07, 6.45) is 0. The minimum atomic E-state index is -5.12. The quantitative estimate of drug-likeness (QED) is 0.233.